The molecule has 1 saturated heterocycles. The molecule has 2 nitrogen and oxygen atoms in total. The average Bonchev–Trinajstić information content (AvgIpc) is 2.29. The Balaban J connectivity index is 1.80. The van der Waals surface area contributed by atoms with E-state index >= 15 is 0 Å². The molecule has 0 aliphatic carbocycles. The van der Waals surface area contributed by atoms with Gasteiger partial charge in [0.1, 0.15) is 0 Å². The van der Waals surface area contributed by atoms with E-state index < -0.39 is 0 Å². The lowest BCUT2D eigenvalue weighted by atomic mass is 10.0. The summed E-state index contributed by atoms with van der Waals surface area (Å²) in [5, 5.41) is 0. The second kappa shape index (κ2) is 9.00. The molecule has 1 unspecified atom stereocenters. The van der Waals surface area contributed by atoms with E-state index in [1.54, 1.807) is 0 Å². The first-order valence-electron chi connectivity index (χ1n) is 6.98. The van der Waals surface area contributed by atoms with Gasteiger partial charge >= 0.3 is 0 Å². The Morgan fingerprint density at radius 1 is 1.00 bits per heavy atom. The summed E-state index contributed by atoms with van der Waals surface area (Å²) >= 11 is 0. The monoisotopic (exact) mass is 228 g/mol. The summed E-state index contributed by atoms with van der Waals surface area (Å²) in [7, 11) is 0. The molecule has 1 aliphatic rings. The number of ether oxygens (including phenoxy) is 2. The Bertz CT molecular complexity index is 151. The zero-order valence-electron chi connectivity index (χ0n) is 11.0. The standard InChI is InChI=1S/C14H28O2/c1-13(2)8-6-4-3-5-7-9-14-12-15-10-11-16-14/h13-14H,3-12H2,1-2H3. The van der Waals surface area contributed by atoms with Crippen molar-refractivity contribution >= 4 is 0 Å². The smallest absolute Gasteiger partial charge is 0.0809 e. The second-order valence-electron chi connectivity index (χ2n) is 5.31. The summed E-state index contributed by atoms with van der Waals surface area (Å²) in [5.41, 5.74) is 0. The van der Waals surface area contributed by atoms with E-state index in [4.69, 9.17) is 9.47 Å². The zero-order chi connectivity index (χ0) is 11.6. The van der Waals surface area contributed by atoms with Crippen LogP contribution in [0.4, 0.5) is 0 Å². The Hall–Kier alpha value is -0.0800. The number of hydrogen-bond acceptors (Lipinski definition) is 2. The quantitative estimate of drug-likeness (QED) is 0.588. The van der Waals surface area contributed by atoms with Gasteiger partial charge in [-0.05, 0) is 12.3 Å². The van der Waals surface area contributed by atoms with Gasteiger partial charge < -0.3 is 9.47 Å². The molecule has 0 spiro atoms. The van der Waals surface area contributed by atoms with Gasteiger partial charge in [-0.1, -0.05) is 52.4 Å². The molecule has 0 saturated carbocycles. The number of hydrogen-bond donors (Lipinski definition) is 0. The fourth-order valence-electron chi connectivity index (χ4n) is 2.16. The van der Waals surface area contributed by atoms with Crippen LogP contribution in [-0.2, 0) is 9.47 Å². The van der Waals surface area contributed by atoms with Crippen LogP contribution < -0.4 is 0 Å². The van der Waals surface area contributed by atoms with Crippen molar-refractivity contribution in [3.63, 3.8) is 0 Å². The number of rotatable bonds is 8. The second-order valence-corrected chi connectivity index (χ2v) is 5.31. The molecule has 1 rings (SSSR count). The van der Waals surface area contributed by atoms with E-state index in [2.05, 4.69) is 13.8 Å². The first-order valence-corrected chi connectivity index (χ1v) is 6.98. The fourth-order valence-corrected chi connectivity index (χ4v) is 2.16. The highest BCUT2D eigenvalue weighted by atomic mass is 16.6. The minimum absolute atomic E-state index is 0.379. The molecule has 1 heterocycles. The molecule has 0 amide bonds. The molecule has 0 bridgehead atoms. The Kier molecular flexibility index (Phi) is 7.87. The number of unbranched alkanes of at least 4 members (excludes halogenated alkanes) is 4. The SMILES string of the molecule is CC(C)CCCCCCCC1COCCO1. The maximum Gasteiger partial charge on any atom is 0.0809 e. The lowest BCUT2D eigenvalue weighted by molar-refractivity contribution is -0.0912. The van der Waals surface area contributed by atoms with Crippen molar-refractivity contribution in [3.8, 4) is 0 Å². The van der Waals surface area contributed by atoms with E-state index in [0.717, 1.165) is 25.7 Å². The molecule has 16 heavy (non-hydrogen) atoms. The Morgan fingerprint density at radius 2 is 1.75 bits per heavy atom. The van der Waals surface area contributed by atoms with Gasteiger partial charge in [0.2, 0.25) is 0 Å². The van der Waals surface area contributed by atoms with E-state index in [0.29, 0.717) is 6.10 Å². The van der Waals surface area contributed by atoms with Gasteiger partial charge in [-0.3, -0.25) is 0 Å². The first kappa shape index (κ1) is 14.0. The molecular formula is C14H28O2. The largest absolute Gasteiger partial charge is 0.376 e. The van der Waals surface area contributed by atoms with E-state index in [9.17, 15) is 0 Å². The molecule has 96 valence electrons. The summed E-state index contributed by atoms with van der Waals surface area (Å²) in [6.45, 7) is 7.00. The van der Waals surface area contributed by atoms with Crippen molar-refractivity contribution in [1.82, 2.24) is 0 Å². The molecule has 2 heteroatoms. The predicted molar refractivity (Wildman–Crippen MR) is 67.7 cm³/mol. The lowest BCUT2D eigenvalue weighted by Crippen LogP contribution is -2.28. The molecule has 0 aromatic heterocycles. The predicted octanol–water partition coefficient (Wildman–Crippen LogP) is 3.79. The summed E-state index contributed by atoms with van der Waals surface area (Å²) in [6, 6.07) is 0. The van der Waals surface area contributed by atoms with Gasteiger partial charge in [0.15, 0.2) is 0 Å². The summed E-state index contributed by atoms with van der Waals surface area (Å²) in [5.74, 6) is 0.868. The fraction of sp³-hybridized carbons (Fsp3) is 1.00. The Morgan fingerprint density at radius 3 is 2.44 bits per heavy atom. The molecule has 1 aliphatic heterocycles. The minimum Gasteiger partial charge on any atom is -0.376 e. The minimum atomic E-state index is 0.379. The van der Waals surface area contributed by atoms with Gasteiger partial charge in [0.25, 0.3) is 0 Å². The first-order chi connectivity index (χ1) is 7.79. The van der Waals surface area contributed by atoms with Crippen LogP contribution in [0.1, 0.15) is 58.8 Å². The van der Waals surface area contributed by atoms with Crippen LogP contribution in [0.15, 0.2) is 0 Å². The van der Waals surface area contributed by atoms with Crippen LogP contribution in [-0.4, -0.2) is 25.9 Å². The van der Waals surface area contributed by atoms with Crippen LogP contribution >= 0.6 is 0 Å². The van der Waals surface area contributed by atoms with Crippen molar-refractivity contribution in [2.45, 2.75) is 64.9 Å². The zero-order valence-corrected chi connectivity index (χ0v) is 11.0. The van der Waals surface area contributed by atoms with Crippen molar-refractivity contribution in [3.05, 3.63) is 0 Å². The molecule has 1 atom stereocenters. The highest BCUT2D eigenvalue weighted by molar-refractivity contribution is 4.61. The lowest BCUT2D eigenvalue weighted by Gasteiger charge is -2.22. The molecule has 0 aromatic carbocycles. The topological polar surface area (TPSA) is 18.5 Å². The molecule has 0 radical (unpaired) electrons. The van der Waals surface area contributed by atoms with Crippen LogP contribution in [0, 0.1) is 5.92 Å². The van der Waals surface area contributed by atoms with Gasteiger partial charge in [-0.2, -0.15) is 0 Å². The van der Waals surface area contributed by atoms with Crippen LogP contribution in [0.3, 0.4) is 0 Å². The summed E-state index contributed by atoms with van der Waals surface area (Å²) in [6.07, 6.45) is 9.81. The maximum atomic E-state index is 5.61. The third-order valence-corrected chi connectivity index (χ3v) is 3.19. The maximum absolute atomic E-state index is 5.61. The molecule has 0 aromatic rings. The highest BCUT2D eigenvalue weighted by Gasteiger charge is 2.13. The van der Waals surface area contributed by atoms with Crippen molar-refractivity contribution < 1.29 is 9.47 Å². The van der Waals surface area contributed by atoms with E-state index in [-0.39, 0.29) is 0 Å². The third-order valence-electron chi connectivity index (χ3n) is 3.19. The van der Waals surface area contributed by atoms with Gasteiger partial charge in [-0.25, -0.2) is 0 Å². The average molecular weight is 228 g/mol. The highest BCUT2D eigenvalue weighted by Crippen LogP contribution is 2.14. The van der Waals surface area contributed by atoms with Gasteiger partial charge in [0, 0.05) is 0 Å². The van der Waals surface area contributed by atoms with Crippen LogP contribution in [0.25, 0.3) is 0 Å². The Labute approximate surface area is 101 Å². The van der Waals surface area contributed by atoms with Crippen LogP contribution in [0.2, 0.25) is 0 Å². The molecular weight excluding hydrogens is 200 g/mol. The van der Waals surface area contributed by atoms with E-state index in [1.165, 1.54) is 44.9 Å². The van der Waals surface area contributed by atoms with Crippen LogP contribution in [0.5, 0.6) is 0 Å². The van der Waals surface area contributed by atoms with Crippen molar-refractivity contribution in [1.29, 1.82) is 0 Å². The third kappa shape index (κ3) is 7.24. The molecule has 0 N–H and O–H groups in total. The van der Waals surface area contributed by atoms with Crippen molar-refractivity contribution in [2.24, 2.45) is 5.92 Å². The molecule has 1 fully saturated rings. The summed E-state index contributed by atoms with van der Waals surface area (Å²) < 4.78 is 11.0. The summed E-state index contributed by atoms with van der Waals surface area (Å²) in [4.78, 5) is 0. The van der Waals surface area contributed by atoms with E-state index in [1.807, 2.05) is 0 Å². The van der Waals surface area contributed by atoms with Gasteiger partial charge in [0.05, 0.1) is 25.9 Å². The van der Waals surface area contributed by atoms with Gasteiger partial charge in [-0.15, -0.1) is 0 Å². The normalized spacial score (nSPS) is 21.6. The van der Waals surface area contributed by atoms with Crippen molar-refractivity contribution in [2.75, 3.05) is 19.8 Å².